The first-order valence-electron chi connectivity index (χ1n) is 7.01. The van der Waals surface area contributed by atoms with Crippen LogP contribution in [0.2, 0.25) is 0 Å². The molecule has 1 unspecified atom stereocenters. The molecular weight excluding hydrogens is 266 g/mol. The lowest BCUT2D eigenvalue weighted by Gasteiger charge is -2.30. The van der Waals surface area contributed by atoms with Gasteiger partial charge < -0.3 is 10.0 Å². The van der Waals surface area contributed by atoms with E-state index in [0.717, 1.165) is 11.3 Å². The molecule has 112 valence electrons. The van der Waals surface area contributed by atoms with Crippen LogP contribution in [0.15, 0.2) is 36.7 Å². The Morgan fingerprint density at radius 2 is 2.05 bits per heavy atom. The van der Waals surface area contributed by atoms with Crippen LogP contribution in [-0.4, -0.2) is 27.4 Å². The monoisotopic (exact) mass is 287 g/mol. The van der Waals surface area contributed by atoms with Crippen molar-refractivity contribution in [1.29, 1.82) is 0 Å². The topological polar surface area (TPSA) is 58.4 Å². The Balaban J connectivity index is 2.26. The number of hydrogen-bond acceptors (Lipinski definition) is 3. The van der Waals surface area contributed by atoms with Crippen LogP contribution in [-0.2, 0) is 11.8 Å². The van der Waals surface area contributed by atoms with Crippen LogP contribution in [0.3, 0.4) is 0 Å². The van der Waals surface area contributed by atoms with E-state index in [-0.39, 0.29) is 12.5 Å². The molecule has 1 atom stereocenters. The van der Waals surface area contributed by atoms with Crippen molar-refractivity contribution in [3.05, 3.63) is 47.8 Å². The molecule has 5 nitrogen and oxygen atoms in total. The van der Waals surface area contributed by atoms with Gasteiger partial charge in [0, 0.05) is 31.0 Å². The Labute approximate surface area is 124 Å². The molecule has 21 heavy (non-hydrogen) atoms. The van der Waals surface area contributed by atoms with Gasteiger partial charge in [-0.15, -0.1) is 0 Å². The van der Waals surface area contributed by atoms with Crippen LogP contribution in [0.4, 0.5) is 5.69 Å². The average molecular weight is 287 g/mol. The maximum absolute atomic E-state index is 10.9. The molecule has 1 aromatic carbocycles. The van der Waals surface area contributed by atoms with E-state index >= 15 is 0 Å². The number of benzene rings is 1. The number of aromatic nitrogens is 2. The van der Waals surface area contributed by atoms with E-state index in [9.17, 15) is 4.79 Å². The molecule has 0 spiro atoms. The summed E-state index contributed by atoms with van der Waals surface area (Å²) in [6.45, 7) is 4.57. The molecular formula is C16H21N3O2. The van der Waals surface area contributed by atoms with Gasteiger partial charge in [-0.3, -0.25) is 9.48 Å². The summed E-state index contributed by atoms with van der Waals surface area (Å²) in [6, 6.07) is 8.22. The first-order valence-corrected chi connectivity index (χ1v) is 7.01. The second-order valence-corrected chi connectivity index (χ2v) is 5.30. The van der Waals surface area contributed by atoms with Crippen molar-refractivity contribution >= 4 is 11.7 Å². The van der Waals surface area contributed by atoms with Crippen molar-refractivity contribution in [2.75, 3.05) is 11.4 Å². The number of carboxylic acids is 1. The van der Waals surface area contributed by atoms with Crippen LogP contribution < -0.4 is 4.90 Å². The van der Waals surface area contributed by atoms with E-state index in [1.807, 2.05) is 50.6 Å². The summed E-state index contributed by atoms with van der Waals surface area (Å²) in [5.41, 5.74) is 3.28. The number of anilines is 1. The van der Waals surface area contributed by atoms with Crippen molar-refractivity contribution in [3.8, 4) is 0 Å². The standard InChI is InChI=1S/C16H21N3O2/c1-12-4-6-15(7-5-12)19(9-8-16(20)21)13(2)14-10-17-18(3)11-14/h4-7,10-11,13H,8-9H2,1-3H3,(H,20,21). The molecule has 0 aliphatic heterocycles. The van der Waals surface area contributed by atoms with Crippen LogP contribution in [0.25, 0.3) is 0 Å². The lowest BCUT2D eigenvalue weighted by molar-refractivity contribution is -0.136. The summed E-state index contributed by atoms with van der Waals surface area (Å²) in [5, 5.41) is 13.2. The zero-order valence-electron chi connectivity index (χ0n) is 12.7. The van der Waals surface area contributed by atoms with E-state index < -0.39 is 5.97 Å². The van der Waals surface area contributed by atoms with E-state index in [0.29, 0.717) is 6.54 Å². The van der Waals surface area contributed by atoms with Crippen LogP contribution in [0.1, 0.15) is 30.5 Å². The minimum atomic E-state index is -0.787. The number of nitrogens with zero attached hydrogens (tertiary/aromatic N) is 3. The zero-order valence-corrected chi connectivity index (χ0v) is 12.7. The fraction of sp³-hybridized carbons (Fsp3) is 0.375. The average Bonchev–Trinajstić information content (AvgIpc) is 2.87. The van der Waals surface area contributed by atoms with E-state index in [2.05, 4.69) is 16.9 Å². The Morgan fingerprint density at radius 1 is 1.38 bits per heavy atom. The fourth-order valence-corrected chi connectivity index (χ4v) is 2.33. The van der Waals surface area contributed by atoms with E-state index in [1.165, 1.54) is 5.56 Å². The predicted octanol–water partition coefficient (Wildman–Crippen LogP) is 2.77. The van der Waals surface area contributed by atoms with Gasteiger partial charge in [0.15, 0.2) is 0 Å². The second kappa shape index (κ2) is 6.43. The molecule has 0 radical (unpaired) electrons. The van der Waals surface area contributed by atoms with Crippen molar-refractivity contribution in [2.45, 2.75) is 26.3 Å². The highest BCUT2D eigenvalue weighted by molar-refractivity contribution is 5.67. The van der Waals surface area contributed by atoms with Crippen molar-refractivity contribution < 1.29 is 9.90 Å². The van der Waals surface area contributed by atoms with Gasteiger partial charge in [0.25, 0.3) is 0 Å². The van der Waals surface area contributed by atoms with Gasteiger partial charge in [-0.2, -0.15) is 5.10 Å². The van der Waals surface area contributed by atoms with Crippen LogP contribution in [0.5, 0.6) is 0 Å². The van der Waals surface area contributed by atoms with Gasteiger partial charge in [-0.05, 0) is 26.0 Å². The van der Waals surface area contributed by atoms with Crippen molar-refractivity contribution in [2.24, 2.45) is 7.05 Å². The molecule has 1 heterocycles. The van der Waals surface area contributed by atoms with Gasteiger partial charge in [0.2, 0.25) is 0 Å². The summed E-state index contributed by atoms with van der Waals surface area (Å²) < 4.78 is 1.76. The molecule has 0 bridgehead atoms. The molecule has 1 N–H and O–H groups in total. The normalized spacial score (nSPS) is 12.1. The highest BCUT2D eigenvalue weighted by Crippen LogP contribution is 2.27. The Hall–Kier alpha value is -2.30. The molecule has 0 amide bonds. The van der Waals surface area contributed by atoms with E-state index in [4.69, 9.17) is 5.11 Å². The number of carbonyl (C=O) groups is 1. The molecule has 1 aromatic heterocycles. The lowest BCUT2D eigenvalue weighted by atomic mass is 10.1. The SMILES string of the molecule is Cc1ccc(N(CCC(=O)O)C(C)c2cnn(C)c2)cc1. The molecule has 0 fully saturated rings. The minimum Gasteiger partial charge on any atom is -0.481 e. The zero-order chi connectivity index (χ0) is 15.4. The molecule has 2 aromatic rings. The van der Waals surface area contributed by atoms with Gasteiger partial charge in [0.05, 0.1) is 18.7 Å². The maximum atomic E-state index is 10.9. The Kier molecular flexibility index (Phi) is 4.62. The fourth-order valence-electron chi connectivity index (χ4n) is 2.33. The third-order valence-corrected chi connectivity index (χ3v) is 3.61. The third-order valence-electron chi connectivity index (χ3n) is 3.61. The molecule has 0 saturated carbocycles. The number of aryl methyl sites for hydroxylation is 2. The van der Waals surface area contributed by atoms with Crippen molar-refractivity contribution in [3.63, 3.8) is 0 Å². The first kappa shape index (κ1) is 15.1. The summed E-state index contributed by atoms with van der Waals surface area (Å²) in [6.07, 6.45) is 3.90. The smallest absolute Gasteiger partial charge is 0.305 e. The van der Waals surface area contributed by atoms with Crippen molar-refractivity contribution in [1.82, 2.24) is 9.78 Å². The van der Waals surface area contributed by atoms with Gasteiger partial charge in [-0.1, -0.05) is 17.7 Å². The van der Waals surface area contributed by atoms with Gasteiger partial charge >= 0.3 is 5.97 Å². The molecule has 2 rings (SSSR count). The Morgan fingerprint density at radius 3 is 2.57 bits per heavy atom. The Bertz CT molecular complexity index is 604. The number of aliphatic carboxylic acids is 1. The third kappa shape index (κ3) is 3.84. The van der Waals surface area contributed by atoms with Crippen LogP contribution >= 0.6 is 0 Å². The summed E-state index contributed by atoms with van der Waals surface area (Å²) in [5.74, 6) is -0.787. The van der Waals surface area contributed by atoms with E-state index in [1.54, 1.807) is 4.68 Å². The quantitative estimate of drug-likeness (QED) is 0.887. The number of carboxylic acid groups (broad SMARTS) is 1. The van der Waals surface area contributed by atoms with Crippen LogP contribution in [0, 0.1) is 6.92 Å². The van der Waals surface area contributed by atoms with Gasteiger partial charge in [-0.25, -0.2) is 0 Å². The number of hydrogen-bond donors (Lipinski definition) is 1. The summed E-state index contributed by atoms with van der Waals surface area (Å²) in [7, 11) is 1.88. The lowest BCUT2D eigenvalue weighted by Crippen LogP contribution is -2.29. The molecule has 0 saturated heterocycles. The van der Waals surface area contributed by atoms with Gasteiger partial charge in [0.1, 0.15) is 0 Å². The minimum absolute atomic E-state index is 0.0701. The summed E-state index contributed by atoms with van der Waals surface area (Å²) >= 11 is 0. The highest BCUT2D eigenvalue weighted by atomic mass is 16.4. The predicted molar refractivity (Wildman–Crippen MR) is 82.4 cm³/mol. The second-order valence-electron chi connectivity index (χ2n) is 5.30. The molecule has 0 aliphatic carbocycles. The first-order chi connectivity index (χ1) is 9.97. The molecule has 5 heteroatoms. The molecule has 0 aliphatic rings. The highest BCUT2D eigenvalue weighted by Gasteiger charge is 2.18. The maximum Gasteiger partial charge on any atom is 0.305 e. The largest absolute Gasteiger partial charge is 0.481 e. The summed E-state index contributed by atoms with van der Waals surface area (Å²) in [4.78, 5) is 13.0. The number of rotatable bonds is 6.